The molecule has 0 N–H and O–H groups in total. The van der Waals surface area contributed by atoms with E-state index in [9.17, 15) is 0 Å². The molecular formula is C19H22N2S. The van der Waals surface area contributed by atoms with Gasteiger partial charge in [0, 0.05) is 11.4 Å². The Kier molecular flexibility index (Phi) is 4.84. The molecule has 0 saturated carbocycles. The normalized spacial score (nSPS) is 11.2. The monoisotopic (exact) mass is 310 g/mol. The zero-order valence-electron chi connectivity index (χ0n) is 13.2. The second-order valence-corrected chi connectivity index (χ2v) is 6.90. The summed E-state index contributed by atoms with van der Waals surface area (Å²) in [5.41, 5.74) is 5.03. The molecule has 0 fully saturated rings. The first kappa shape index (κ1) is 15.2. The van der Waals surface area contributed by atoms with Gasteiger partial charge in [0.25, 0.3) is 0 Å². The number of nitrogens with zero attached hydrogens (tertiary/aromatic N) is 2. The van der Waals surface area contributed by atoms with Crippen molar-refractivity contribution in [2.45, 2.75) is 38.1 Å². The fourth-order valence-electron chi connectivity index (χ4n) is 2.58. The highest BCUT2D eigenvalue weighted by molar-refractivity contribution is 7.99. The summed E-state index contributed by atoms with van der Waals surface area (Å²) < 4.78 is 2.29. The molecule has 3 heteroatoms. The molecule has 0 aliphatic carbocycles. The van der Waals surface area contributed by atoms with E-state index in [-0.39, 0.29) is 0 Å². The maximum absolute atomic E-state index is 4.52. The second kappa shape index (κ2) is 7.01. The van der Waals surface area contributed by atoms with Crippen molar-refractivity contribution in [3.63, 3.8) is 0 Å². The maximum atomic E-state index is 4.52. The Bertz CT molecular complexity index is 747. The molecule has 2 aromatic carbocycles. The minimum atomic E-state index is 1.05. The SMILES string of the molecule is Cc1cc2ncn(CCCCSc3ccccc3)c2cc1C. The van der Waals surface area contributed by atoms with E-state index >= 15 is 0 Å². The van der Waals surface area contributed by atoms with Gasteiger partial charge in [-0.3, -0.25) is 0 Å². The van der Waals surface area contributed by atoms with Crippen LogP contribution in [0.25, 0.3) is 11.0 Å². The Morgan fingerprint density at radius 3 is 2.59 bits per heavy atom. The van der Waals surface area contributed by atoms with E-state index < -0.39 is 0 Å². The average Bonchev–Trinajstić information content (AvgIpc) is 2.91. The second-order valence-electron chi connectivity index (χ2n) is 5.73. The summed E-state index contributed by atoms with van der Waals surface area (Å²) >= 11 is 1.94. The number of aromatic nitrogens is 2. The number of rotatable bonds is 6. The van der Waals surface area contributed by atoms with E-state index in [1.807, 2.05) is 18.1 Å². The fraction of sp³-hybridized carbons (Fsp3) is 0.316. The number of hydrogen-bond acceptors (Lipinski definition) is 2. The molecule has 0 saturated heterocycles. The zero-order chi connectivity index (χ0) is 15.4. The lowest BCUT2D eigenvalue weighted by Gasteiger charge is -2.06. The van der Waals surface area contributed by atoms with Crippen molar-refractivity contribution in [1.29, 1.82) is 0 Å². The molecule has 0 spiro atoms. The van der Waals surface area contributed by atoms with Gasteiger partial charge in [-0.25, -0.2) is 4.98 Å². The molecule has 3 aromatic rings. The Morgan fingerprint density at radius 2 is 1.77 bits per heavy atom. The van der Waals surface area contributed by atoms with Gasteiger partial charge in [0.1, 0.15) is 0 Å². The van der Waals surface area contributed by atoms with Crippen LogP contribution in [0.1, 0.15) is 24.0 Å². The van der Waals surface area contributed by atoms with Crippen LogP contribution in [-0.2, 0) is 6.54 Å². The third-order valence-corrected chi connectivity index (χ3v) is 5.14. The molecule has 0 aliphatic heterocycles. The van der Waals surface area contributed by atoms with Crippen LogP contribution in [0, 0.1) is 13.8 Å². The molecule has 2 nitrogen and oxygen atoms in total. The highest BCUT2D eigenvalue weighted by Crippen LogP contribution is 2.20. The number of thioether (sulfide) groups is 1. The predicted molar refractivity (Wildman–Crippen MR) is 95.6 cm³/mol. The van der Waals surface area contributed by atoms with Crippen LogP contribution in [0.3, 0.4) is 0 Å². The third-order valence-electron chi connectivity index (χ3n) is 4.04. The molecule has 22 heavy (non-hydrogen) atoms. The topological polar surface area (TPSA) is 17.8 Å². The molecule has 1 heterocycles. The highest BCUT2D eigenvalue weighted by Gasteiger charge is 2.04. The molecule has 114 valence electrons. The first-order chi connectivity index (χ1) is 10.7. The first-order valence-electron chi connectivity index (χ1n) is 7.84. The van der Waals surface area contributed by atoms with Crippen molar-refractivity contribution < 1.29 is 0 Å². The van der Waals surface area contributed by atoms with E-state index in [1.54, 1.807) is 0 Å². The van der Waals surface area contributed by atoms with Gasteiger partial charge >= 0.3 is 0 Å². The zero-order valence-corrected chi connectivity index (χ0v) is 14.1. The Labute approximate surface area is 136 Å². The highest BCUT2D eigenvalue weighted by atomic mass is 32.2. The van der Waals surface area contributed by atoms with Gasteiger partial charge in [0.2, 0.25) is 0 Å². The van der Waals surface area contributed by atoms with Crippen molar-refractivity contribution in [2.75, 3.05) is 5.75 Å². The summed E-state index contributed by atoms with van der Waals surface area (Å²) in [7, 11) is 0. The molecule has 3 rings (SSSR count). The summed E-state index contributed by atoms with van der Waals surface area (Å²) in [5.74, 6) is 1.18. The van der Waals surface area contributed by atoms with Crippen molar-refractivity contribution in [3.8, 4) is 0 Å². The number of aryl methyl sites for hydroxylation is 3. The smallest absolute Gasteiger partial charge is 0.0958 e. The van der Waals surface area contributed by atoms with Gasteiger partial charge in [-0.15, -0.1) is 11.8 Å². The van der Waals surface area contributed by atoms with Gasteiger partial charge < -0.3 is 4.57 Å². The Hall–Kier alpha value is -1.74. The van der Waals surface area contributed by atoms with Crippen LogP contribution in [0.15, 0.2) is 53.7 Å². The van der Waals surface area contributed by atoms with E-state index in [2.05, 4.69) is 65.9 Å². The molecular weight excluding hydrogens is 288 g/mol. The lowest BCUT2D eigenvalue weighted by Crippen LogP contribution is -1.97. The Morgan fingerprint density at radius 1 is 1.00 bits per heavy atom. The third kappa shape index (κ3) is 3.53. The van der Waals surface area contributed by atoms with Crippen molar-refractivity contribution in [2.24, 2.45) is 0 Å². The Balaban J connectivity index is 1.53. The summed E-state index contributed by atoms with van der Waals surface area (Å²) in [4.78, 5) is 5.89. The standard InChI is InChI=1S/C19H22N2S/c1-15-12-18-19(13-16(15)2)21(14-20-18)10-6-7-11-22-17-8-4-3-5-9-17/h3-5,8-9,12-14H,6-7,10-11H2,1-2H3. The van der Waals surface area contributed by atoms with Crippen molar-refractivity contribution in [1.82, 2.24) is 9.55 Å². The average molecular weight is 310 g/mol. The van der Waals surface area contributed by atoms with Crippen LogP contribution >= 0.6 is 11.8 Å². The van der Waals surface area contributed by atoms with Gasteiger partial charge in [0.05, 0.1) is 17.4 Å². The summed E-state index contributed by atoms with van der Waals surface area (Å²) in [6.07, 6.45) is 4.40. The van der Waals surface area contributed by atoms with Crippen LogP contribution < -0.4 is 0 Å². The fourth-order valence-corrected chi connectivity index (χ4v) is 3.52. The number of hydrogen-bond donors (Lipinski definition) is 0. The minimum Gasteiger partial charge on any atom is -0.331 e. The van der Waals surface area contributed by atoms with Gasteiger partial charge in [-0.2, -0.15) is 0 Å². The van der Waals surface area contributed by atoms with Crippen LogP contribution in [0.2, 0.25) is 0 Å². The van der Waals surface area contributed by atoms with Crippen LogP contribution in [-0.4, -0.2) is 15.3 Å². The van der Waals surface area contributed by atoms with Crippen LogP contribution in [0.5, 0.6) is 0 Å². The van der Waals surface area contributed by atoms with Gasteiger partial charge in [-0.1, -0.05) is 18.2 Å². The lowest BCUT2D eigenvalue weighted by molar-refractivity contribution is 0.649. The predicted octanol–water partition coefficient (Wildman–Crippen LogP) is 5.23. The molecule has 0 atom stereocenters. The summed E-state index contributed by atoms with van der Waals surface area (Å²) in [5, 5.41) is 0. The van der Waals surface area contributed by atoms with E-state index in [0.29, 0.717) is 0 Å². The van der Waals surface area contributed by atoms with Crippen molar-refractivity contribution >= 4 is 22.8 Å². The van der Waals surface area contributed by atoms with Crippen LogP contribution in [0.4, 0.5) is 0 Å². The molecule has 0 aliphatic rings. The maximum Gasteiger partial charge on any atom is 0.0958 e. The van der Waals surface area contributed by atoms with Gasteiger partial charge in [0.15, 0.2) is 0 Å². The molecule has 0 amide bonds. The largest absolute Gasteiger partial charge is 0.331 e. The van der Waals surface area contributed by atoms with E-state index in [0.717, 1.165) is 12.1 Å². The number of unbranched alkanes of at least 4 members (excludes halogenated alkanes) is 1. The number of imidazole rings is 1. The lowest BCUT2D eigenvalue weighted by atomic mass is 10.1. The quantitative estimate of drug-likeness (QED) is 0.458. The molecule has 0 bridgehead atoms. The van der Waals surface area contributed by atoms with Gasteiger partial charge in [-0.05, 0) is 67.8 Å². The van der Waals surface area contributed by atoms with E-state index in [1.165, 1.54) is 40.1 Å². The number of fused-ring (bicyclic) bond motifs is 1. The first-order valence-corrected chi connectivity index (χ1v) is 8.82. The number of benzene rings is 2. The van der Waals surface area contributed by atoms with Crippen molar-refractivity contribution in [3.05, 3.63) is 59.9 Å². The summed E-state index contributed by atoms with van der Waals surface area (Å²) in [6.45, 7) is 5.37. The molecule has 1 aromatic heterocycles. The molecule has 0 unspecified atom stereocenters. The van der Waals surface area contributed by atoms with E-state index in [4.69, 9.17) is 0 Å². The minimum absolute atomic E-state index is 1.05. The molecule has 0 radical (unpaired) electrons. The summed E-state index contributed by atoms with van der Waals surface area (Å²) in [6, 6.07) is 15.1.